The van der Waals surface area contributed by atoms with E-state index < -0.39 is 11.5 Å². The second kappa shape index (κ2) is 11.8. The summed E-state index contributed by atoms with van der Waals surface area (Å²) in [6.07, 6.45) is 1.47. The average Bonchev–Trinajstić information content (AvgIpc) is 3.13. The number of carbonyl (C=O) groups excluding carboxylic acids is 1. The van der Waals surface area contributed by atoms with Crippen molar-refractivity contribution < 1.29 is 14.7 Å². The second-order valence-electron chi connectivity index (χ2n) is 7.69. The number of nitrogens with one attached hydrogen (secondary N) is 2. The van der Waals surface area contributed by atoms with Gasteiger partial charge in [0.25, 0.3) is 5.56 Å². The number of hydrogen-bond acceptors (Lipinski definition) is 7. The Hall–Kier alpha value is -4.20. The average molecular weight is 492 g/mol. The summed E-state index contributed by atoms with van der Waals surface area (Å²) in [7, 11) is 1.87. The number of aliphatic carboxylic acids is 1. The summed E-state index contributed by atoms with van der Waals surface area (Å²) < 4.78 is 1.61. The number of nitriles is 1. The van der Waals surface area contributed by atoms with Gasteiger partial charge in [-0.2, -0.15) is 5.26 Å². The fourth-order valence-electron chi connectivity index (χ4n) is 3.41. The molecule has 0 radical (unpaired) electrons. The highest BCUT2D eigenvalue weighted by molar-refractivity contribution is 7.07. The first-order valence-electron chi connectivity index (χ1n) is 10.8. The minimum atomic E-state index is -1.38. The molecule has 10 heteroatoms. The van der Waals surface area contributed by atoms with Crippen LogP contribution in [0.5, 0.6) is 0 Å². The molecule has 0 saturated heterocycles. The van der Waals surface area contributed by atoms with Crippen molar-refractivity contribution in [3.05, 3.63) is 79.7 Å². The SMILES string of the molecule is CCn1c(=O)/c(=C\Nc2cccc(NC(=O)CN(C)Cc3ccccc3)c2)s/c1=C(/C#N)C(=O)O. The van der Waals surface area contributed by atoms with Crippen LogP contribution in [-0.2, 0) is 22.7 Å². The summed E-state index contributed by atoms with van der Waals surface area (Å²) >= 11 is 0.930. The van der Waals surface area contributed by atoms with Gasteiger partial charge in [-0.1, -0.05) is 36.4 Å². The number of benzene rings is 2. The van der Waals surface area contributed by atoms with E-state index in [2.05, 4.69) is 10.6 Å². The van der Waals surface area contributed by atoms with Gasteiger partial charge in [-0.05, 0) is 37.7 Å². The number of amides is 1. The molecule has 3 N–H and O–H groups in total. The molecule has 1 amide bonds. The van der Waals surface area contributed by atoms with E-state index in [-0.39, 0.29) is 33.8 Å². The van der Waals surface area contributed by atoms with Crippen molar-refractivity contribution >= 4 is 46.4 Å². The van der Waals surface area contributed by atoms with Crippen LogP contribution >= 0.6 is 11.3 Å². The third kappa shape index (κ3) is 6.66. The van der Waals surface area contributed by atoms with E-state index in [1.807, 2.05) is 42.3 Å². The van der Waals surface area contributed by atoms with Gasteiger partial charge in [-0.25, -0.2) is 4.79 Å². The number of aromatic nitrogens is 1. The predicted octanol–water partition coefficient (Wildman–Crippen LogP) is 1.61. The number of thiazole rings is 1. The molecule has 0 fully saturated rings. The molecule has 2 aromatic carbocycles. The molecule has 3 aromatic rings. The van der Waals surface area contributed by atoms with E-state index in [1.54, 1.807) is 37.3 Å². The number of nitrogens with zero attached hydrogens (tertiary/aromatic N) is 3. The largest absolute Gasteiger partial charge is 0.477 e. The molecule has 0 spiro atoms. The minimum Gasteiger partial charge on any atom is -0.477 e. The fraction of sp³-hybridized carbons (Fsp3) is 0.200. The maximum absolute atomic E-state index is 12.7. The van der Waals surface area contributed by atoms with Gasteiger partial charge in [-0.15, -0.1) is 11.3 Å². The lowest BCUT2D eigenvalue weighted by molar-refractivity contribution is -0.130. The summed E-state index contributed by atoms with van der Waals surface area (Å²) in [6.45, 7) is 2.80. The number of hydrogen-bond donors (Lipinski definition) is 3. The van der Waals surface area contributed by atoms with Gasteiger partial charge < -0.3 is 15.7 Å². The van der Waals surface area contributed by atoms with Gasteiger partial charge in [0.2, 0.25) is 5.91 Å². The molecule has 1 aromatic heterocycles. The lowest BCUT2D eigenvalue weighted by Gasteiger charge is -2.16. The number of carboxylic acid groups (broad SMARTS) is 1. The van der Waals surface area contributed by atoms with Gasteiger partial charge in [0.05, 0.1) is 6.54 Å². The number of carbonyl (C=O) groups is 2. The molecule has 0 atom stereocenters. The molecule has 180 valence electrons. The Balaban J connectivity index is 1.73. The molecule has 35 heavy (non-hydrogen) atoms. The predicted molar refractivity (Wildman–Crippen MR) is 136 cm³/mol. The van der Waals surface area contributed by atoms with Crippen molar-refractivity contribution in [2.45, 2.75) is 20.0 Å². The first kappa shape index (κ1) is 25.4. The maximum Gasteiger partial charge on any atom is 0.349 e. The Morgan fingerprint density at radius 1 is 1.17 bits per heavy atom. The molecule has 0 unspecified atom stereocenters. The van der Waals surface area contributed by atoms with E-state index in [1.165, 1.54) is 10.8 Å². The molecule has 3 rings (SSSR count). The van der Waals surface area contributed by atoms with Crippen LogP contribution in [0.3, 0.4) is 0 Å². The highest BCUT2D eigenvalue weighted by atomic mass is 32.1. The summed E-state index contributed by atoms with van der Waals surface area (Å²) in [5, 5.41) is 24.3. The Morgan fingerprint density at radius 3 is 2.54 bits per heavy atom. The normalized spacial score (nSPS) is 12.2. The Labute approximate surface area is 205 Å². The van der Waals surface area contributed by atoms with E-state index >= 15 is 0 Å². The molecule has 0 saturated carbocycles. The number of likely N-dealkylation sites (N-methyl/N-ethyl adjacent to an activating group) is 1. The molecular formula is C25H25N5O4S. The Bertz CT molecular complexity index is 1440. The van der Waals surface area contributed by atoms with E-state index in [4.69, 9.17) is 5.26 Å². The van der Waals surface area contributed by atoms with Gasteiger partial charge in [0.1, 0.15) is 15.3 Å². The summed E-state index contributed by atoms with van der Waals surface area (Å²) in [5.74, 6) is -1.54. The van der Waals surface area contributed by atoms with Crippen LogP contribution in [0, 0.1) is 11.3 Å². The second-order valence-corrected chi connectivity index (χ2v) is 8.72. The molecule has 0 aliphatic carbocycles. The topological polar surface area (TPSA) is 127 Å². The molecule has 0 bridgehead atoms. The monoisotopic (exact) mass is 491 g/mol. The van der Waals surface area contributed by atoms with Gasteiger partial charge in [-0.3, -0.25) is 19.1 Å². The molecular weight excluding hydrogens is 466 g/mol. The third-order valence-corrected chi connectivity index (χ3v) is 6.12. The van der Waals surface area contributed by atoms with Gasteiger partial charge >= 0.3 is 5.97 Å². The van der Waals surface area contributed by atoms with Crippen molar-refractivity contribution in [3.63, 3.8) is 0 Å². The van der Waals surface area contributed by atoms with Crippen molar-refractivity contribution in [2.75, 3.05) is 24.2 Å². The van der Waals surface area contributed by atoms with Crippen molar-refractivity contribution in [1.29, 1.82) is 5.26 Å². The van der Waals surface area contributed by atoms with Crippen molar-refractivity contribution in [3.8, 4) is 6.07 Å². The highest BCUT2D eigenvalue weighted by Gasteiger charge is 2.14. The lowest BCUT2D eigenvalue weighted by Crippen LogP contribution is -2.32. The molecule has 0 aliphatic rings. The standard InChI is InChI=1S/C25H25N5O4S/c1-3-30-23(32)21(35-24(30)20(13-26)25(33)34)14-27-18-10-7-11-19(12-18)28-22(31)16-29(2)15-17-8-5-4-6-9-17/h4-12,14,27H,3,15-16H2,1-2H3,(H,28,31)(H,33,34)/b21-14+,24-20-. The van der Waals surface area contributed by atoms with E-state index in [0.717, 1.165) is 16.9 Å². The zero-order valence-corrected chi connectivity index (χ0v) is 20.1. The zero-order valence-electron chi connectivity index (χ0n) is 19.3. The number of anilines is 2. The quantitative estimate of drug-likeness (QED) is 0.415. The van der Waals surface area contributed by atoms with Gasteiger partial charge in [0.15, 0.2) is 5.57 Å². The Morgan fingerprint density at radius 2 is 1.89 bits per heavy atom. The summed E-state index contributed by atoms with van der Waals surface area (Å²) in [6, 6.07) is 18.5. The zero-order chi connectivity index (χ0) is 25.4. The number of rotatable bonds is 9. The minimum absolute atomic E-state index is 0.0983. The van der Waals surface area contributed by atoms with Crippen LogP contribution in [-0.4, -0.2) is 40.0 Å². The molecule has 9 nitrogen and oxygen atoms in total. The van der Waals surface area contributed by atoms with Crippen LogP contribution in [0.4, 0.5) is 11.4 Å². The summed E-state index contributed by atoms with van der Waals surface area (Å²) in [4.78, 5) is 38.4. The van der Waals surface area contributed by atoms with Crippen LogP contribution < -0.4 is 25.4 Å². The third-order valence-electron chi connectivity index (χ3n) is 4.99. The van der Waals surface area contributed by atoms with Crippen LogP contribution in [0.15, 0.2) is 59.4 Å². The summed E-state index contributed by atoms with van der Waals surface area (Å²) in [5.41, 5.74) is 1.47. The maximum atomic E-state index is 12.7. The number of carboxylic acids is 1. The highest BCUT2D eigenvalue weighted by Crippen LogP contribution is 2.15. The van der Waals surface area contributed by atoms with Crippen molar-refractivity contribution in [1.82, 2.24) is 9.47 Å². The van der Waals surface area contributed by atoms with E-state index in [9.17, 15) is 19.5 Å². The van der Waals surface area contributed by atoms with Gasteiger partial charge in [0, 0.05) is 30.7 Å². The van der Waals surface area contributed by atoms with Crippen LogP contribution in [0.2, 0.25) is 0 Å². The lowest BCUT2D eigenvalue weighted by atomic mass is 10.2. The smallest absolute Gasteiger partial charge is 0.349 e. The van der Waals surface area contributed by atoms with Crippen LogP contribution in [0.25, 0.3) is 11.8 Å². The first-order chi connectivity index (χ1) is 16.8. The molecule has 1 heterocycles. The van der Waals surface area contributed by atoms with E-state index in [0.29, 0.717) is 17.9 Å². The fourth-order valence-corrected chi connectivity index (χ4v) is 4.49. The molecule has 0 aliphatic heterocycles. The van der Waals surface area contributed by atoms with Crippen molar-refractivity contribution in [2.24, 2.45) is 0 Å². The first-order valence-corrected chi connectivity index (χ1v) is 11.6. The Kier molecular flexibility index (Phi) is 8.56. The van der Waals surface area contributed by atoms with Crippen LogP contribution in [0.1, 0.15) is 12.5 Å².